The standard InChI is InChI=1S/C25H30N2O6S2/c1-5-33-25(28)21(4)24-15-18-26(34(29,30)22-11-7-19(2)8-12-22)16-6-17-27(24)35(31,32)23-13-9-20(3)10-14-23/h7-15H,4-6,16-18H2,1-3H3/b24-15-. The molecule has 0 radical (unpaired) electrons. The van der Waals surface area contributed by atoms with Crippen LogP contribution in [0.25, 0.3) is 0 Å². The number of aryl methyl sites for hydroxylation is 2. The Morgan fingerprint density at radius 1 is 0.886 bits per heavy atom. The number of nitrogens with zero attached hydrogens (tertiary/aromatic N) is 2. The van der Waals surface area contributed by atoms with Crippen molar-refractivity contribution in [3.63, 3.8) is 0 Å². The first-order valence-corrected chi connectivity index (χ1v) is 14.1. The maximum Gasteiger partial charge on any atom is 0.339 e. The van der Waals surface area contributed by atoms with Crippen LogP contribution in [0.3, 0.4) is 0 Å². The van der Waals surface area contributed by atoms with Gasteiger partial charge in [-0.15, -0.1) is 0 Å². The van der Waals surface area contributed by atoms with E-state index in [2.05, 4.69) is 6.58 Å². The zero-order valence-electron chi connectivity index (χ0n) is 20.1. The van der Waals surface area contributed by atoms with Crippen molar-refractivity contribution in [2.75, 3.05) is 26.2 Å². The third-order valence-corrected chi connectivity index (χ3v) is 9.33. The number of esters is 1. The summed E-state index contributed by atoms with van der Waals surface area (Å²) in [5.41, 5.74) is 1.69. The molecule has 1 aliphatic rings. The molecule has 2 aromatic rings. The quantitative estimate of drug-likeness (QED) is 0.411. The van der Waals surface area contributed by atoms with Crippen molar-refractivity contribution in [2.24, 2.45) is 0 Å². The smallest absolute Gasteiger partial charge is 0.339 e. The Morgan fingerprint density at radius 3 is 1.91 bits per heavy atom. The number of carbonyl (C=O) groups excluding carboxylic acids is 1. The minimum absolute atomic E-state index is 0.00725. The van der Waals surface area contributed by atoms with E-state index in [1.54, 1.807) is 43.3 Å². The van der Waals surface area contributed by atoms with Crippen LogP contribution in [0.15, 0.2) is 82.2 Å². The van der Waals surface area contributed by atoms with Crippen LogP contribution in [0, 0.1) is 13.8 Å². The van der Waals surface area contributed by atoms with E-state index < -0.39 is 26.0 Å². The zero-order chi connectivity index (χ0) is 25.8. The van der Waals surface area contributed by atoms with Gasteiger partial charge in [0.15, 0.2) is 0 Å². The minimum Gasteiger partial charge on any atom is -0.462 e. The Kier molecular flexibility index (Phi) is 8.19. The molecule has 1 aliphatic heterocycles. The molecular weight excluding hydrogens is 488 g/mol. The molecule has 0 fully saturated rings. The van der Waals surface area contributed by atoms with Crippen LogP contribution in [0.5, 0.6) is 0 Å². The fraction of sp³-hybridized carbons (Fsp3) is 0.320. The second kappa shape index (κ2) is 10.8. The number of rotatable bonds is 7. The number of hydrogen-bond acceptors (Lipinski definition) is 6. The van der Waals surface area contributed by atoms with E-state index >= 15 is 0 Å². The van der Waals surface area contributed by atoms with Gasteiger partial charge in [-0.3, -0.25) is 4.31 Å². The van der Waals surface area contributed by atoms with Crippen LogP contribution in [0.1, 0.15) is 24.5 Å². The Balaban J connectivity index is 2.04. The van der Waals surface area contributed by atoms with Gasteiger partial charge in [-0.05, 0) is 57.5 Å². The first kappa shape index (κ1) is 26.7. The van der Waals surface area contributed by atoms with Gasteiger partial charge >= 0.3 is 5.97 Å². The van der Waals surface area contributed by atoms with E-state index in [9.17, 15) is 21.6 Å². The van der Waals surface area contributed by atoms with Crippen LogP contribution < -0.4 is 0 Å². The van der Waals surface area contributed by atoms with Gasteiger partial charge in [0.1, 0.15) is 0 Å². The number of ether oxygens (including phenoxy) is 1. The van der Waals surface area contributed by atoms with Crippen molar-refractivity contribution in [2.45, 2.75) is 37.0 Å². The van der Waals surface area contributed by atoms with E-state index in [4.69, 9.17) is 4.74 Å². The number of hydrogen-bond donors (Lipinski definition) is 0. The second-order valence-corrected chi connectivity index (χ2v) is 12.0. The van der Waals surface area contributed by atoms with Crippen molar-refractivity contribution < 1.29 is 26.4 Å². The Bertz CT molecular complexity index is 1330. The number of benzene rings is 2. The topological polar surface area (TPSA) is 101 Å². The highest BCUT2D eigenvalue weighted by Crippen LogP contribution is 2.28. The lowest BCUT2D eigenvalue weighted by atomic mass is 10.2. The van der Waals surface area contributed by atoms with Crippen molar-refractivity contribution in [3.8, 4) is 0 Å². The second-order valence-electron chi connectivity index (χ2n) is 8.21. The number of sulfonamides is 2. The SMILES string of the molecule is C=C(C(=O)OCC)/C1=C/CN(S(=O)(=O)c2ccc(C)cc2)CCCN1S(=O)(=O)c1ccc(C)cc1. The summed E-state index contributed by atoms with van der Waals surface area (Å²) in [5, 5.41) is 0. The molecule has 0 amide bonds. The molecule has 0 bridgehead atoms. The first-order chi connectivity index (χ1) is 16.5. The third kappa shape index (κ3) is 5.83. The van der Waals surface area contributed by atoms with Crippen molar-refractivity contribution in [1.29, 1.82) is 0 Å². The van der Waals surface area contributed by atoms with Gasteiger partial charge in [-0.2, -0.15) is 4.31 Å². The summed E-state index contributed by atoms with van der Waals surface area (Å²) in [4.78, 5) is 12.7. The van der Waals surface area contributed by atoms with Gasteiger partial charge in [-0.1, -0.05) is 42.0 Å². The summed E-state index contributed by atoms with van der Waals surface area (Å²) < 4.78 is 61.1. The van der Waals surface area contributed by atoms with Gasteiger partial charge in [0.2, 0.25) is 10.0 Å². The lowest BCUT2D eigenvalue weighted by Gasteiger charge is -2.31. The van der Waals surface area contributed by atoms with Crippen LogP contribution in [-0.4, -0.2) is 57.7 Å². The molecule has 1 heterocycles. The van der Waals surface area contributed by atoms with Crippen molar-refractivity contribution in [3.05, 3.63) is 83.6 Å². The van der Waals surface area contributed by atoms with Crippen molar-refractivity contribution >= 4 is 26.0 Å². The lowest BCUT2D eigenvalue weighted by molar-refractivity contribution is -0.138. The van der Waals surface area contributed by atoms with Crippen LogP contribution in [-0.2, 0) is 29.6 Å². The van der Waals surface area contributed by atoms with Gasteiger partial charge < -0.3 is 4.74 Å². The summed E-state index contributed by atoms with van der Waals surface area (Å²) in [6.07, 6.45) is 1.62. The molecule has 3 rings (SSSR count). The molecular formula is C25H30N2O6S2. The summed E-state index contributed by atoms with van der Waals surface area (Å²) in [7, 11) is -7.88. The predicted octanol–water partition coefficient (Wildman–Crippen LogP) is 3.39. The Hall–Kier alpha value is -2.95. The highest BCUT2D eigenvalue weighted by molar-refractivity contribution is 7.89. The molecule has 35 heavy (non-hydrogen) atoms. The molecule has 0 aromatic heterocycles. The van der Waals surface area contributed by atoms with Crippen LogP contribution in [0.4, 0.5) is 0 Å². The van der Waals surface area contributed by atoms with Crippen LogP contribution in [0.2, 0.25) is 0 Å². The van der Waals surface area contributed by atoms with Gasteiger partial charge in [0.25, 0.3) is 10.0 Å². The minimum atomic E-state index is -4.04. The maximum atomic E-state index is 13.6. The molecule has 188 valence electrons. The Labute approximate surface area is 207 Å². The fourth-order valence-corrected chi connectivity index (χ4v) is 6.62. The molecule has 0 saturated heterocycles. The van der Waals surface area contributed by atoms with E-state index in [-0.39, 0.29) is 53.7 Å². The molecule has 8 nitrogen and oxygen atoms in total. The monoisotopic (exact) mass is 518 g/mol. The van der Waals surface area contributed by atoms with E-state index in [0.29, 0.717) is 0 Å². The lowest BCUT2D eigenvalue weighted by Crippen LogP contribution is -2.40. The van der Waals surface area contributed by atoms with E-state index in [1.165, 1.54) is 22.5 Å². The summed E-state index contributed by atoms with van der Waals surface area (Å²) in [6.45, 7) is 9.14. The average molecular weight is 519 g/mol. The molecule has 0 N–H and O–H groups in total. The third-order valence-electron chi connectivity index (χ3n) is 5.62. The van der Waals surface area contributed by atoms with E-state index in [1.807, 2.05) is 13.8 Å². The summed E-state index contributed by atoms with van der Waals surface area (Å²) in [5.74, 6) is -0.767. The van der Waals surface area contributed by atoms with E-state index in [0.717, 1.165) is 15.4 Å². The average Bonchev–Trinajstić information content (AvgIpc) is 2.79. The van der Waals surface area contributed by atoms with Crippen LogP contribution >= 0.6 is 0 Å². The molecule has 0 aliphatic carbocycles. The van der Waals surface area contributed by atoms with Gasteiger partial charge in [-0.25, -0.2) is 21.6 Å². The molecule has 0 unspecified atom stereocenters. The Morgan fingerprint density at radius 2 is 1.40 bits per heavy atom. The summed E-state index contributed by atoms with van der Waals surface area (Å²) in [6, 6.07) is 12.9. The highest BCUT2D eigenvalue weighted by Gasteiger charge is 2.33. The normalized spacial score (nSPS) is 17.1. The molecule has 0 saturated carbocycles. The number of carbonyl (C=O) groups is 1. The largest absolute Gasteiger partial charge is 0.462 e. The fourth-order valence-electron chi connectivity index (χ4n) is 3.65. The molecule has 0 atom stereocenters. The predicted molar refractivity (Wildman–Crippen MR) is 133 cm³/mol. The molecule has 0 spiro atoms. The van der Waals surface area contributed by atoms with Crippen molar-refractivity contribution in [1.82, 2.24) is 8.61 Å². The maximum absolute atomic E-state index is 13.6. The zero-order valence-corrected chi connectivity index (χ0v) is 21.7. The molecule has 2 aromatic carbocycles. The van der Waals surface area contributed by atoms with Gasteiger partial charge in [0, 0.05) is 19.6 Å². The highest BCUT2D eigenvalue weighted by atomic mass is 32.2. The summed E-state index contributed by atoms with van der Waals surface area (Å²) >= 11 is 0. The first-order valence-electron chi connectivity index (χ1n) is 11.2. The molecule has 10 heteroatoms. The van der Waals surface area contributed by atoms with Gasteiger partial charge in [0.05, 0.1) is 27.7 Å².